The number of nitro groups is 1. The highest BCUT2D eigenvalue weighted by molar-refractivity contribution is 9.10. The Hall–Kier alpha value is -3.75. The molecule has 1 spiro atoms. The summed E-state index contributed by atoms with van der Waals surface area (Å²) in [5.41, 5.74) is 1.96. The lowest BCUT2D eigenvalue weighted by molar-refractivity contribution is -0.534. The van der Waals surface area contributed by atoms with E-state index >= 15 is 0 Å². The predicted molar refractivity (Wildman–Crippen MR) is 152 cm³/mol. The standard InChI is InChI=1S/C31H26BrN3O4/c32-24-17-22(13-14-27(24)39-18-19-11-12-20-6-1-2-7-21(20)16-19)28-26-10-5-15-34(26)31(29(28)35(37)38)23-8-3-4-9-25(23)33-30(31)36/h1-4,6-9,11-14,16-17,26,28-29H,5,10,15,18H2,(H,33,36)/t26-,28+,29+,31-/m0/s1. The number of benzene rings is 4. The number of carbonyl (C=O) groups is 1. The van der Waals surface area contributed by atoms with Gasteiger partial charge in [0.2, 0.25) is 0 Å². The molecule has 4 aromatic carbocycles. The van der Waals surface area contributed by atoms with Crippen LogP contribution in [0.5, 0.6) is 5.75 Å². The highest BCUT2D eigenvalue weighted by atomic mass is 79.9. The van der Waals surface area contributed by atoms with Crippen LogP contribution in [0.15, 0.2) is 89.4 Å². The normalized spacial score (nSPS) is 25.6. The van der Waals surface area contributed by atoms with E-state index in [9.17, 15) is 14.9 Å². The monoisotopic (exact) mass is 583 g/mol. The second-order valence-corrected chi connectivity index (χ2v) is 11.4. The molecule has 0 aromatic heterocycles. The molecule has 0 aliphatic carbocycles. The van der Waals surface area contributed by atoms with Gasteiger partial charge in [0.1, 0.15) is 12.4 Å². The summed E-state index contributed by atoms with van der Waals surface area (Å²) >= 11 is 3.66. The van der Waals surface area contributed by atoms with Crippen LogP contribution < -0.4 is 10.1 Å². The third-order valence-electron chi connectivity index (χ3n) is 8.64. The minimum absolute atomic E-state index is 0.103. The molecule has 4 atom stereocenters. The number of nitrogens with zero attached hydrogens (tertiary/aromatic N) is 2. The number of rotatable bonds is 5. The Bertz CT molecular complexity index is 1640. The Morgan fingerprint density at radius 3 is 2.64 bits per heavy atom. The molecule has 0 unspecified atom stereocenters. The van der Waals surface area contributed by atoms with Crippen molar-refractivity contribution in [2.45, 2.75) is 43.0 Å². The minimum atomic E-state index is -1.32. The third kappa shape index (κ3) is 3.62. The molecule has 196 valence electrons. The largest absolute Gasteiger partial charge is 0.488 e. The van der Waals surface area contributed by atoms with Crippen molar-refractivity contribution >= 4 is 38.3 Å². The van der Waals surface area contributed by atoms with Gasteiger partial charge in [-0.3, -0.25) is 19.8 Å². The van der Waals surface area contributed by atoms with E-state index in [4.69, 9.17) is 4.74 Å². The lowest BCUT2D eigenvalue weighted by atomic mass is 9.77. The molecule has 39 heavy (non-hydrogen) atoms. The molecule has 2 saturated heterocycles. The Kier molecular flexibility index (Phi) is 5.72. The number of anilines is 1. The number of ether oxygens (including phenoxy) is 1. The van der Waals surface area contributed by atoms with E-state index in [0.29, 0.717) is 30.2 Å². The van der Waals surface area contributed by atoms with Crippen molar-refractivity contribution in [1.29, 1.82) is 0 Å². The molecule has 0 saturated carbocycles. The SMILES string of the molecule is O=C1Nc2ccccc2[C@]12[C@H]([N+](=O)[O-])[C@H](c1ccc(OCc3ccc4ccccc4c3)c(Br)c1)[C@@H]1CCCN12. The summed E-state index contributed by atoms with van der Waals surface area (Å²) in [6, 6.07) is 26.4. The van der Waals surface area contributed by atoms with Gasteiger partial charge in [0.05, 0.1) is 10.4 Å². The van der Waals surface area contributed by atoms with Gasteiger partial charge in [0, 0.05) is 28.8 Å². The van der Waals surface area contributed by atoms with Crippen LogP contribution in [0.2, 0.25) is 0 Å². The van der Waals surface area contributed by atoms with Crippen molar-refractivity contribution in [1.82, 2.24) is 4.90 Å². The lowest BCUT2D eigenvalue weighted by Crippen LogP contribution is -2.55. The maximum atomic E-state index is 13.6. The summed E-state index contributed by atoms with van der Waals surface area (Å²) in [4.78, 5) is 28.3. The molecule has 2 fully saturated rings. The van der Waals surface area contributed by atoms with Gasteiger partial charge in [-0.1, -0.05) is 60.7 Å². The van der Waals surface area contributed by atoms with Crippen LogP contribution in [0, 0.1) is 10.1 Å². The molecule has 3 heterocycles. The van der Waals surface area contributed by atoms with Crippen LogP contribution in [-0.2, 0) is 16.9 Å². The van der Waals surface area contributed by atoms with Crippen LogP contribution in [0.4, 0.5) is 5.69 Å². The molecule has 1 N–H and O–H groups in total. The van der Waals surface area contributed by atoms with Crippen molar-refractivity contribution in [3.05, 3.63) is 116 Å². The smallest absolute Gasteiger partial charge is 0.256 e. The number of amides is 1. The van der Waals surface area contributed by atoms with Crippen molar-refractivity contribution in [2.24, 2.45) is 0 Å². The average Bonchev–Trinajstić information content (AvgIpc) is 3.61. The number of hydrogen-bond acceptors (Lipinski definition) is 5. The van der Waals surface area contributed by atoms with Crippen LogP contribution in [-0.4, -0.2) is 34.4 Å². The zero-order valence-electron chi connectivity index (χ0n) is 21.0. The fourth-order valence-electron chi connectivity index (χ4n) is 7.11. The second-order valence-electron chi connectivity index (χ2n) is 10.6. The van der Waals surface area contributed by atoms with E-state index in [1.165, 1.54) is 5.39 Å². The number of para-hydroxylation sites is 1. The van der Waals surface area contributed by atoms with Gasteiger partial charge in [-0.15, -0.1) is 0 Å². The maximum absolute atomic E-state index is 13.6. The van der Waals surface area contributed by atoms with E-state index < -0.39 is 17.5 Å². The van der Waals surface area contributed by atoms with Crippen LogP contribution in [0.1, 0.15) is 35.4 Å². The van der Waals surface area contributed by atoms with Gasteiger partial charge >= 0.3 is 0 Å². The van der Waals surface area contributed by atoms with Crippen LogP contribution in [0.3, 0.4) is 0 Å². The van der Waals surface area contributed by atoms with Crippen molar-refractivity contribution in [3.8, 4) is 5.75 Å². The molecule has 3 aliphatic rings. The summed E-state index contributed by atoms with van der Waals surface area (Å²) in [5, 5.41) is 18.1. The number of fused-ring (bicyclic) bond motifs is 5. The molecule has 8 heteroatoms. The van der Waals surface area contributed by atoms with Gasteiger partial charge in [0.15, 0.2) is 5.54 Å². The molecule has 0 radical (unpaired) electrons. The summed E-state index contributed by atoms with van der Waals surface area (Å²) < 4.78 is 6.89. The Balaban J connectivity index is 1.22. The molecule has 3 aliphatic heterocycles. The van der Waals surface area contributed by atoms with Crippen molar-refractivity contribution in [2.75, 3.05) is 11.9 Å². The zero-order valence-corrected chi connectivity index (χ0v) is 22.6. The highest BCUT2D eigenvalue weighted by Gasteiger charge is 2.73. The predicted octanol–water partition coefficient (Wildman–Crippen LogP) is 6.24. The van der Waals surface area contributed by atoms with E-state index in [2.05, 4.69) is 56.5 Å². The quantitative estimate of drug-likeness (QED) is 0.222. The molecular formula is C31H26BrN3O4. The number of halogens is 1. The van der Waals surface area contributed by atoms with Gasteiger partial charge in [-0.05, 0) is 74.9 Å². The third-order valence-corrected chi connectivity index (χ3v) is 9.26. The summed E-state index contributed by atoms with van der Waals surface area (Å²) in [6.45, 7) is 1.06. The topological polar surface area (TPSA) is 84.7 Å². The second kappa shape index (κ2) is 9.17. The maximum Gasteiger partial charge on any atom is 0.256 e. The molecule has 1 amide bonds. The fourth-order valence-corrected chi connectivity index (χ4v) is 7.62. The van der Waals surface area contributed by atoms with Gasteiger partial charge in [0.25, 0.3) is 11.9 Å². The minimum Gasteiger partial charge on any atom is -0.488 e. The molecular weight excluding hydrogens is 558 g/mol. The van der Waals surface area contributed by atoms with Crippen molar-refractivity contribution < 1.29 is 14.5 Å². The Morgan fingerprint density at radius 2 is 1.82 bits per heavy atom. The summed E-state index contributed by atoms with van der Waals surface area (Å²) in [5.74, 6) is -0.0658. The van der Waals surface area contributed by atoms with Crippen LogP contribution >= 0.6 is 15.9 Å². The lowest BCUT2D eigenvalue weighted by Gasteiger charge is -2.32. The molecule has 7 rings (SSSR count). The summed E-state index contributed by atoms with van der Waals surface area (Å²) in [7, 11) is 0. The Morgan fingerprint density at radius 1 is 1.03 bits per heavy atom. The number of nitrogens with one attached hydrogen (secondary N) is 1. The number of hydrogen-bond donors (Lipinski definition) is 1. The number of carbonyl (C=O) groups excluding carboxylic acids is 1. The molecule has 4 aromatic rings. The first-order chi connectivity index (χ1) is 19.0. The fraction of sp³-hybridized carbons (Fsp3) is 0.258. The van der Waals surface area contributed by atoms with E-state index in [1.54, 1.807) is 0 Å². The zero-order chi connectivity index (χ0) is 26.7. The first kappa shape index (κ1) is 24.3. The first-order valence-corrected chi connectivity index (χ1v) is 14.0. The van der Waals surface area contributed by atoms with Crippen molar-refractivity contribution in [3.63, 3.8) is 0 Å². The van der Waals surface area contributed by atoms with E-state index in [0.717, 1.165) is 33.8 Å². The molecule has 0 bridgehead atoms. The van der Waals surface area contributed by atoms with Gasteiger partial charge < -0.3 is 10.1 Å². The Labute approximate surface area is 234 Å². The van der Waals surface area contributed by atoms with Crippen LogP contribution in [0.25, 0.3) is 10.8 Å². The highest BCUT2D eigenvalue weighted by Crippen LogP contribution is 2.58. The summed E-state index contributed by atoms with van der Waals surface area (Å²) in [6.07, 6.45) is 1.71. The van der Waals surface area contributed by atoms with E-state index in [1.807, 2.05) is 54.6 Å². The molecule has 7 nitrogen and oxygen atoms in total. The average molecular weight is 584 g/mol. The van der Waals surface area contributed by atoms with Gasteiger partial charge in [-0.25, -0.2) is 0 Å². The van der Waals surface area contributed by atoms with Gasteiger partial charge in [-0.2, -0.15) is 0 Å². The van der Waals surface area contributed by atoms with E-state index in [-0.39, 0.29) is 16.9 Å². The first-order valence-electron chi connectivity index (χ1n) is 13.2.